The average molecular weight is 318 g/mol. The molecule has 8 heteroatoms. The lowest BCUT2D eigenvalue weighted by Crippen LogP contribution is -2.33. The largest absolute Gasteiger partial charge is 0.338 e. The third kappa shape index (κ3) is 3.38. The molecule has 1 heterocycles. The van der Waals surface area contributed by atoms with Gasteiger partial charge >= 0.3 is 0 Å². The lowest BCUT2D eigenvalue weighted by molar-refractivity contribution is 0.634. The van der Waals surface area contributed by atoms with Gasteiger partial charge in [-0.2, -0.15) is 31.0 Å². The van der Waals surface area contributed by atoms with E-state index < -0.39 is 16.4 Å². The number of aromatic nitrogens is 3. The minimum atomic E-state index is -1.67. The Balaban J connectivity index is 3.70. The van der Waals surface area contributed by atoms with Crippen LogP contribution in [-0.4, -0.2) is 20.5 Å². The van der Waals surface area contributed by atoms with Crippen LogP contribution in [0.5, 0.6) is 0 Å². The van der Waals surface area contributed by atoms with Crippen molar-refractivity contribution in [1.82, 2.24) is 15.0 Å². The predicted octanol–water partition coefficient (Wildman–Crippen LogP) is 1.31. The van der Waals surface area contributed by atoms with Gasteiger partial charge < -0.3 is 5.32 Å². The molecule has 1 aromatic heterocycles. The molecule has 0 amide bonds. The van der Waals surface area contributed by atoms with E-state index in [-0.39, 0.29) is 17.6 Å². The van der Waals surface area contributed by atoms with Gasteiger partial charge in [0.05, 0.1) is 29.8 Å². The first-order chi connectivity index (χ1) is 11.1. The number of nitrogens with one attached hydrogen (secondary N) is 1. The molecule has 118 valence electrons. The Morgan fingerprint density at radius 2 is 1.17 bits per heavy atom. The molecule has 0 bridgehead atoms. The molecule has 0 aliphatic carbocycles. The van der Waals surface area contributed by atoms with Gasteiger partial charge in [-0.1, -0.05) is 5.92 Å². The first-order valence-electron chi connectivity index (χ1n) is 6.77. The van der Waals surface area contributed by atoms with Crippen molar-refractivity contribution in [3.63, 3.8) is 0 Å². The number of nitriles is 4. The summed E-state index contributed by atoms with van der Waals surface area (Å²) < 4.78 is 0. The summed E-state index contributed by atoms with van der Waals surface area (Å²) in [4.78, 5) is 12.2. The van der Waals surface area contributed by atoms with E-state index in [0.29, 0.717) is 0 Å². The van der Waals surface area contributed by atoms with Crippen molar-refractivity contribution >= 4 is 5.95 Å². The molecule has 0 radical (unpaired) electrons. The fraction of sp³-hybridized carbons (Fsp3) is 0.438. The van der Waals surface area contributed by atoms with Crippen LogP contribution in [0.25, 0.3) is 0 Å². The molecule has 0 fully saturated rings. The van der Waals surface area contributed by atoms with E-state index in [4.69, 9.17) is 6.42 Å². The number of rotatable bonds is 4. The van der Waals surface area contributed by atoms with Crippen molar-refractivity contribution in [2.24, 2.45) is 0 Å². The van der Waals surface area contributed by atoms with Crippen molar-refractivity contribution in [2.45, 2.75) is 44.1 Å². The number of hydrogen-bond acceptors (Lipinski definition) is 8. The first kappa shape index (κ1) is 18.4. The molecule has 0 aliphatic heterocycles. The number of terminal acetylenes is 1. The van der Waals surface area contributed by atoms with Gasteiger partial charge in [-0.05, 0) is 27.7 Å². The molecule has 1 aromatic rings. The van der Waals surface area contributed by atoms with Gasteiger partial charge in [-0.3, -0.25) is 0 Å². The Morgan fingerprint density at radius 3 is 1.46 bits per heavy atom. The molecule has 0 saturated heterocycles. The topological polar surface area (TPSA) is 146 Å². The molecule has 24 heavy (non-hydrogen) atoms. The highest BCUT2D eigenvalue weighted by Gasteiger charge is 2.36. The third-order valence-electron chi connectivity index (χ3n) is 3.21. The van der Waals surface area contributed by atoms with Gasteiger partial charge in [0.15, 0.2) is 22.5 Å². The van der Waals surface area contributed by atoms with Crippen LogP contribution in [0.15, 0.2) is 0 Å². The minimum Gasteiger partial charge on any atom is -0.338 e. The number of nitrogens with zero attached hydrogens (tertiary/aromatic N) is 7. The Hall–Kier alpha value is -3.67. The van der Waals surface area contributed by atoms with Crippen LogP contribution in [0, 0.1) is 57.7 Å². The number of anilines is 1. The van der Waals surface area contributed by atoms with Crippen molar-refractivity contribution < 1.29 is 0 Å². The SMILES string of the molecule is C#CC(C)(C)Nc1nc(C(C)(C#N)C#N)nc(C(C)(C#N)C#N)n1. The summed E-state index contributed by atoms with van der Waals surface area (Å²) >= 11 is 0. The third-order valence-corrected chi connectivity index (χ3v) is 3.21. The fourth-order valence-corrected chi connectivity index (χ4v) is 1.44. The number of hydrogen-bond donors (Lipinski definition) is 1. The lowest BCUT2D eigenvalue weighted by Gasteiger charge is -2.22. The molecule has 0 atom stereocenters. The second-order valence-corrected chi connectivity index (χ2v) is 5.90. The molecular weight excluding hydrogens is 304 g/mol. The summed E-state index contributed by atoms with van der Waals surface area (Å²) in [5.74, 6) is 2.14. The standard InChI is InChI=1S/C16H14N8/c1-6-14(2,3)24-13-22-11(15(4,7-17)8-18)21-12(23-13)16(5,9-19)10-20/h1H,2-5H3,(H,21,22,23,24). The van der Waals surface area contributed by atoms with Crippen LogP contribution in [0.4, 0.5) is 5.95 Å². The minimum absolute atomic E-state index is 0.0219. The van der Waals surface area contributed by atoms with Crippen molar-refractivity contribution in [1.29, 1.82) is 21.0 Å². The molecule has 0 aromatic carbocycles. The highest BCUT2D eigenvalue weighted by molar-refractivity contribution is 5.41. The maximum Gasteiger partial charge on any atom is 0.227 e. The maximum atomic E-state index is 9.26. The zero-order valence-corrected chi connectivity index (χ0v) is 13.7. The summed E-state index contributed by atoms with van der Waals surface area (Å²) in [6.07, 6.45) is 5.41. The Labute approximate surface area is 140 Å². The van der Waals surface area contributed by atoms with Gasteiger partial charge in [0.25, 0.3) is 0 Å². The monoisotopic (exact) mass is 318 g/mol. The zero-order valence-electron chi connectivity index (χ0n) is 13.7. The Morgan fingerprint density at radius 1 is 0.792 bits per heavy atom. The summed E-state index contributed by atoms with van der Waals surface area (Å²) in [5, 5.41) is 39.9. The molecule has 1 rings (SSSR count). The van der Waals surface area contributed by atoms with Gasteiger partial charge in [-0.25, -0.2) is 4.98 Å². The van der Waals surface area contributed by atoms with E-state index in [9.17, 15) is 21.0 Å². The highest BCUT2D eigenvalue weighted by atomic mass is 15.2. The highest BCUT2D eigenvalue weighted by Crippen LogP contribution is 2.25. The van der Waals surface area contributed by atoms with E-state index in [1.54, 1.807) is 13.8 Å². The quantitative estimate of drug-likeness (QED) is 0.817. The Kier molecular flexibility index (Phi) is 4.76. The van der Waals surface area contributed by atoms with E-state index in [1.165, 1.54) is 13.8 Å². The molecular formula is C16H14N8. The second kappa shape index (κ2) is 6.21. The van der Waals surface area contributed by atoms with Crippen LogP contribution in [-0.2, 0) is 10.8 Å². The molecule has 8 nitrogen and oxygen atoms in total. The van der Waals surface area contributed by atoms with Crippen LogP contribution in [0.2, 0.25) is 0 Å². The zero-order chi connectivity index (χ0) is 18.6. The van der Waals surface area contributed by atoms with Crippen molar-refractivity contribution in [3.05, 3.63) is 11.6 Å². The smallest absolute Gasteiger partial charge is 0.227 e. The van der Waals surface area contributed by atoms with Crippen LogP contribution >= 0.6 is 0 Å². The first-order valence-corrected chi connectivity index (χ1v) is 6.77. The van der Waals surface area contributed by atoms with E-state index in [1.807, 2.05) is 24.3 Å². The van der Waals surface area contributed by atoms with E-state index >= 15 is 0 Å². The molecule has 1 N–H and O–H groups in total. The van der Waals surface area contributed by atoms with Crippen LogP contribution in [0.1, 0.15) is 39.3 Å². The van der Waals surface area contributed by atoms with Gasteiger partial charge in [0, 0.05) is 0 Å². The second-order valence-electron chi connectivity index (χ2n) is 5.90. The molecule has 0 aliphatic rings. The van der Waals surface area contributed by atoms with Gasteiger partial charge in [0.2, 0.25) is 5.95 Å². The fourth-order valence-electron chi connectivity index (χ4n) is 1.44. The van der Waals surface area contributed by atoms with Gasteiger partial charge in [0.1, 0.15) is 0 Å². The molecule has 0 spiro atoms. The van der Waals surface area contributed by atoms with E-state index in [0.717, 1.165) is 0 Å². The van der Waals surface area contributed by atoms with E-state index in [2.05, 4.69) is 26.2 Å². The summed E-state index contributed by atoms with van der Waals surface area (Å²) in [5.41, 5.74) is -4.16. The van der Waals surface area contributed by atoms with Crippen LogP contribution in [0.3, 0.4) is 0 Å². The average Bonchev–Trinajstić information content (AvgIpc) is 2.59. The Bertz CT molecular complexity index is 780. The summed E-state index contributed by atoms with van der Waals surface area (Å²) in [7, 11) is 0. The molecule has 0 saturated carbocycles. The lowest BCUT2D eigenvalue weighted by atomic mass is 9.91. The summed E-state index contributed by atoms with van der Waals surface area (Å²) in [6, 6.07) is 7.26. The normalized spacial score (nSPS) is 11.1. The van der Waals surface area contributed by atoms with Gasteiger partial charge in [-0.15, -0.1) is 6.42 Å². The maximum absolute atomic E-state index is 9.26. The summed E-state index contributed by atoms with van der Waals surface area (Å²) in [6.45, 7) is 6.05. The van der Waals surface area contributed by atoms with Crippen LogP contribution < -0.4 is 5.32 Å². The van der Waals surface area contributed by atoms with Crippen molar-refractivity contribution in [3.8, 4) is 36.6 Å². The van der Waals surface area contributed by atoms with Crippen molar-refractivity contribution in [2.75, 3.05) is 5.32 Å². The molecule has 0 unspecified atom stereocenters. The predicted molar refractivity (Wildman–Crippen MR) is 83.5 cm³/mol.